The van der Waals surface area contributed by atoms with E-state index in [1.807, 2.05) is 36.4 Å². The molecule has 7 nitrogen and oxygen atoms in total. The number of methoxy groups -OCH3 is 1. The number of para-hydroxylation sites is 1. The molecule has 2 saturated carbocycles. The van der Waals surface area contributed by atoms with Crippen LogP contribution in [-0.4, -0.2) is 46.5 Å². The lowest BCUT2D eigenvalue weighted by atomic mass is 9.82. The molecule has 0 unspecified atom stereocenters. The number of hydrogen-bond acceptors (Lipinski definition) is 6. The molecule has 2 aliphatic carbocycles. The standard InChI is InChI=1S/C28H36FNO6S/c1-34-27(31)28(16-15-22(17-28)30-37(2,32)33)19-36-23-13-11-21(12-14-23)24-9-6-10-25(29)26(24)35-18-20-7-4-3-5-8-20/h3-10,21-23,30H,11-19H2,1-2H3/t21?,22-,23?,28-/m0/s1. The molecule has 0 bridgehead atoms. The van der Waals surface area contributed by atoms with Gasteiger partial charge in [0.1, 0.15) is 6.61 Å². The van der Waals surface area contributed by atoms with E-state index in [4.69, 9.17) is 14.2 Å². The molecule has 0 saturated heterocycles. The zero-order valence-electron chi connectivity index (χ0n) is 21.5. The van der Waals surface area contributed by atoms with E-state index in [1.54, 1.807) is 6.07 Å². The molecule has 1 N–H and O–H groups in total. The van der Waals surface area contributed by atoms with Gasteiger partial charge in [-0.05, 0) is 62.5 Å². The Balaban J connectivity index is 1.35. The van der Waals surface area contributed by atoms with Gasteiger partial charge in [-0.25, -0.2) is 17.5 Å². The SMILES string of the molecule is COC(=O)[C@@]1(COC2CCC(c3cccc(F)c3OCc3ccccc3)CC2)CC[C@H](NS(C)(=O)=O)C1. The van der Waals surface area contributed by atoms with Crippen LogP contribution in [0.4, 0.5) is 4.39 Å². The van der Waals surface area contributed by atoms with Crippen LogP contribution < -0.4 is 9.46 Å². The number of halogens is 1. The monoisotopic (exact) mass is 533 g/mol. The van der Waals surface area contributed by atoms with E-state index in [2.05, 4.69) is 4.72 Å². The van der Waals surface area contributed by atoms with E-state index in [-0.39, 0.29) is 36.5 Å². The van der Waals surface area contributed by atoms with Gasteiger partial charge in [-0.3, -0.25) is 4.79 Å². The fourth-order valence-electron chi connectivity index (χ4n) is 5.67. The number of carbonyl (C=O) groups excluding carboxylic acids is 1. The summed E-state index contributed by atoms with van der Waals surface area (Å²) in [4.78, 5) is 12.7. The van der Waals surface area contributed by atoms with Crippen LogP contribution >= 0.6 is 0 Å². The summed E-state index contributed by atoms with van der Waals surface area (Å²) in [6.45, 7) is 0.500. The zero-order chi connectivity index (χ0) is 26.5. The second-order valence-electron chi connectivity index (χ2n) is 10.3. The van der Waals surface area contributed by atoms with Gasteiger partial charge in [0.2, 0.25) is 10.0 Å². The van der Waals surface area contributed by atoms with Crippen molar-refractivity contribution in [2.45, 2.75) is 69.6 Å². The molecule has 0 aromatic heterocycles. The molecule has 0 radical (unpaired) electrons. The van der Waals surface area contributed by atoms with Gasteiger partial charge >= 0.3 is 5.97 Å². The average Bonchev–Trinajstić information content (AvgIpc) is 3.29. The van der Waals surface area contributed by atoms with Crippen molar-refractivity contribution in [3.8, 4) is 5.75 Å². The number of benzene rings is 2. The molecule has 37 heavy (non-hydrogen) atoms. The van der Waals surface area contributed by atoms with Crippen LogP contribution in [0.1, 0.15) is 62.0 Å². The molecule has 0 aliphatic heterocycles. The number of rotatable bonds is 10. The lowest BCUT2D eigenvalue weighted by molar-refractivity contribution is -0.158. The van der Waals surface area contributed by atoms with E-state index in [0.29, 0.717) is 31.6 Å². The minimum atomic E-state index is -3.36. The third kappa shape index (κ3) is 7.09. The molecule has 0 spiro atoms. The highest BCUT2D eigenvalue weighted by molar-refractivity contribution is 7.88. The van der Waals surface area contributed by atoms with Gasteiger partial charge in [0.25, 0.3) is 0 Å². The smallest absolute Gasteiger partial charge is 0.314 e. The van der Waals surface area contributed by atoms with Crippen molar-refractivity contribution in [3.05, 3.63) is 65.5 Å². The van der Waals surface area contributed by atoms with Crippen LogP contribution in [0.3, 0.4) is 0 Å². The summed E-state index contributed by atoms with van der Waals surface area (Å²) < 4.78 is 57.9. The highest BCUT2D eigenvalue weighted by Crippen LogP contribution is 2.43. The molecule has 0 heterocycles. The van der Waals surface area contributed by atoms with Crippen molar-refractivity contribution in [1.29, 1.82) is 0 Å². The molecule has 0 amide bonds. The maximum absolute atomic E-state index is 14.7. The minimum absolute atomic E-state index is 0.0260. The third-order valence-corrected chi connectivity index (χ3v) is 8.30. The van der Waals surface area contributed by atoms with Crippen molar-refractivity contribution in [3.63, 3.8) is 0 Å². The van der Waals surface area contributed by atoms with Gasteiger partial charge < -0.3 is 14.2 Å². The van der Waals surface area contributed by atoms with E-state index in [9.17, 15) is 17.6 Å². The largest absolute Gasteiger partial charge is 0.486 e. The Kier molecular flexibility index (Phi) is 8.87. The first-order chi connectivity index (χ1) is 17.7. The summed E-state index contributed by atoms with van der Waals surface area (Å²) in [6, 6.07) is 14.5. The summed E-state index contributed by atoms with van der Waals surface area (Å²) >= 11 is 0. The van der Waals surface area contributed by atoms with Crippen LogP contribution in [-0.2, 0) is 30.9 Å². The predicted octanol–water partition coefficient (Wildman–Crippen LogP) is 4.71. The Labute approximate surface area is 218 Å². The summed E-state index contributed by atoms with van der Waals surface area (Å²) in [5.74, 6) is -0.245. The van der Waals surface area contributed by atoms with Gasteiger partial charge in [-0.2, -0.15) is 0 Å². The van der Waals surface area contributed by atoms with Crippen molar-refractivity contribution < 1.29 is 31.8 Å². The fraction of sp³-hybridized carbons (Fsp3) is 0.536. The maximum atomic E-state index is 14.7. The number of esters is 1. The lowest BCUT2D eigenvalue weighted by Gasteiger charge is -2.33. The number of nitrogens with one attached hydrogen (secondary N) is 1. The summed E-state index contributed by atoms with van der Waals surface area (Å²) in [7, 11) is -2.01. The highest BCUT2D eigenvalue weighted by Gasteiger charge is 2.47. The van der Waals surface area contributed by atoms with Gasteiger partial charge in [0, 0.05) is 11.6 Å². The fourth-order valence-corrected chi connectivity index (χ4v) is 6.48. The lowest BCUT2D eigenvalue weighted by Crippen LogP contribution is -2.39. The van der Waals surface area contributed by atoms with Crippen LogP contribution in [0.2, 0.25) is 0 Å². The predicted molar refractivity (Wildman–Crippen MR) is 138 cm³/mol. The summed E-state index contributed by atoms with van der Waals surface area (Å²) in [5, 5.41) is 0. The third-order valence-electron chi connectivity index (χ3n) is 7.54. The molecule has 202 valence electrons. The molecular formula is C28H36FNO6S. The van der Waals surface area contributed by atoms with Gasteiger partial charge in [-0.15, -0.1) is 0 Å². The van der Waals surface area contributed by atoms with Gasteiger partial charge in [0.15, 0.2) is 11.6 Å². The quantitative estimate of drug-likeness (QED) is 0.445. The van der Waals surface area contributed by atoms with Crippen LogP contribution in [0.5, 0.6) is 5.75 Å². The van der Waals surface area contributed by atoms with E-state index >= 15 is 0 Å². The Morgan fingerprint density at radius 3 is 2.46 bits per heavy atom. The molecule has 9 heteroatoms. The average molecular weight is 534 g/mol. The minimum Gasteiger partial charge on any atom is -0.486 e. The highest BCUT2D eigenvalue weighted by atomic mass is 32.2. The van der Waals surface area contributed by atoms with E-state index in [1.165, 1.54) is 13.2 Å². The number of carbonyl (C=O) groups is 1. The second-order valence-corrected chi connectivity index (χ2v) is 12.1. The molecule has 2 fully saturated rings. The number of ether oxygens (including phenoxy) is 3. The van der Waals surface area contributed by atoms with E-state index < -0.39 is 15.4 Å². The van der Waals surface area contributed by atoms with Crippen LogP contribution in [0, 0.1) is 11.2 Å². The van der Waals surface area contributed by atoms with Crippen molar-refractivity contribution in [1.82, 2.24) is 4.72 Å². The van der Waals surface area contributed by atoms with Crippen LogP contribution in [0.15, 0.2) is 48.5 Å². The van der Waals surface area contributed by atoms with Crippen molar-refractivity contribution in [2.24, 2.45) is 5.41 Å². The van der Waals surface area contributed by atoms with Crippen molar-refractivity contribution in [2.75, 3.05) is 20.0 Å². The van der Waals surface area contributed by atoms with Gasteiger partial charge in [0.05, 0.1) is 31.5 Å². The first-order valence-corrected chi connectivity index (χ1v) is 14.7. The van der Waals surface area contributed by atoms with E-state index in [0.717, 1.165) is 43.1 Å². The summed E-state index contributed by atoms with van der Waals surface area (Å²) in [5.41, 5.74) is 1.01. The molecule has 2 aromatic carbocycles. The second kappa shape index (κ2) is 11.9. The Bertz CT molecular complexity index is 1170. The normalized spacial score (nSPS) is 26.1. The first kappa shape index (κ1) is 27.5. The van der Waals surface area contributed by atoms with Crippen molar-refractivity contribution >= 4 is 16.0 Å². The Morgan fingerprint density at radius 1 is 1.05 bits per heavy atom. The summed E-state index contributed by atoms with van der Waals surface area (Å²) in [6.07, 6.45) is 5.71. The molecule has 4 rings (SSSR count). The molecule has 2 aliphatic rings. The number of hydrogen-bond donors (Lipinski definition) is 1. The topological polar surface area (TPSA) is 90.9 Å². The molecule has 2 aromatic rings. The number of sulfonamides is 1. The van der Waals surface area contributed by atoms with Crippen LogP contribution in [0.25, 0.3) is 0 Å². The first-order valence-electron chi connectivity index (χ1n) is 12.8. The molecule has 2 atom stereocenters. The van der Waals surface area contributed by atoms with Gasteiger partial charge in [-0.1, -0.05) is 42.5 Å². The Hall–Kier alpha value is -2.49. The zero-order valence-corrected chi connectivity index (χ0v) is 22.3. The maximum Gasteiger partial charge on any atom is 0.314 e. The molecular weight excluding hydrogens is 497 g/mol. The Morgan fingerprint density at radius 2 is 1.78 bits per heavy atom.